The molecule has 2 N–H and O–H groups in total. The molecule has 1 aromatic carbocycles. The molecule has 2 rings (SSSR count). The molecule has 0 aliphatic rings. The third-order valence-corrected chi connectivity index (χ3v) is 3.23. The fourth-order valence-corrected chi connectivity index (χ4v) is 2.24. The van der Waals surface area contributed by atoms with Crippen LogP contribution in [0.15, 0.2) is 29.8 Å². The Morgan fingerprint density at radius 2 is 2.24 bits per heavy atom. The van der Waals surface area contributed by atoms with Crippen molar-refractivity contribution in [2.75, 3.05) is 10.6 Å². The zero-order valence-corrected chi connectivity index (χ0v) is 11.4. The minimum Gasteiger partial charge on any atom is -0.332 e. The molecular formula is C11H10ClN3S2. The normalized spacial score (nSPS) is 10.0. The summed E-state index contributed by atoms with van der Waals surface area (Å²) in [6.45, 7) is 1.99. The minimum atomic E-state index is 0.505. The van der Waals surface area contributed by atoms with Gasteiger partial charge < -0.3 is 10.6 Å². The predicted octanol–water partition coefficient (Wildman–Crippen LogP) is 3.91. The molecule has 0 unspecified atom stereocenters. The smallest absolute Gasteiger partial charge is 0.188 e. The van der Waals surface area contributed by atoms with Crippen molar-refractivity contribution in [1.29, 1.82) is 0 Å². The molecule has 17 heavy (non-hydrogen) atoms. The average molecular weight is 284 g/mol. The largest absolute Gasteiger partial charge is 0.332 e. The number of nitrogens with one attached hydrogen (secondary N) is 2. The number of nitrogens with zero attached hydrogens (tertiary/aromatic N) is 1. The molecule has 0 bridgehead atoms. The molecule has 3 nitrogen and oxygen atoms in total. The van der Waals surface area contributed by atoms with E-state index in [1.54, 1.807) is 6.20 Å². The SMILES string of the molecule is Cc1ccc(Cl)cc1NC(=S)Nc1nccs1. The van der Waals surface area contributed by atoms with E-state index in [4.69, 9.17) is 23.8 Å². The molecule has 0 saturated heterocycles. The first kappa shape index (κ1) is 12.3. The van der Waals surface area contributed by atoms with Gasteiger partial charge in [-0.05, 0) is 36.8 Å². The molecule has 0 aliphatic carbocycles. The lowest BCUT2D eigenvalue weighted by Gasteiger charge is -2.11. The third-order valence-electron chi connectivity index (χ3n) is 2.10. The van der Waals surface area contributed by atoms with Gasteiger partial charge in [-0.25, -0.2) is 4.98 Å². The van der Waals surface area contributed by atoms with Crippen LogP contribution in [0.2, 0.25) is 5.02 Å². The Balaban J connectivity index is 2.05. The molecular weight excluding hydrogens is 274 g/mol. The third kappa shape index (κ3) is 3.39. The molecule has 0 radical (unpaired) electrons. The summed E-state index contributed by atoms with van der Waals surface area (Å²) in [6, 6.07) is 5.63. The summed E-state index contributed by atoms with van der Waals surface area (Å²) in [5, 5.41) is 9.92. The molecule has 6 heteroatoms. The number of aromatic nitrogens is 1. The van der Waals surface area contributed by atoms with E-state index < -0.39 is 0 Å². The van der Waals surface area contributed by atoms with Crippen LogP contribution < -0.4 is 10.6 Å². The number of halogens is 1. The van der Waals surface area contributed by atoms with E-state index in [0.29, 0.717) is 10.1 Å². The van der Waals surface area contributed by atoms with Crippen LogP contribution in [0.1, 0.15) is 5.56 Å². The van der Waals surface area contributed by atoms with Crippen LogP contribution in [-0.4, -0.2) is 10.1 Å². The molecule has 0 spiro atoms. The van der Waals surface area contributed by atoms with Crippen LogP contribution in [0, 0.1) is 6.92 Å². The van der Waals surface area contributed by atoms with E-state index in [1.165, 1.54) is 11.3 Å². The molecule has 1 aromatic heterocycles. The standard InChI is InChI=1S/C11H10ClN3S2/c1-7-2-3-8(12)6-9(7)14-10(16)15-11-13-4-5-17-11/h2-6H,1H3,(H2,13,14,15,16). The zero-order valence-electron chi connectivity index (χ0n) is 9.03. The van der Waals surface area contributed by atoms with Gasteiger partial charge in [0.25, 0.3) is 0 Å². The first-order chi connectivity index (χ1) is 8.15. The van der Waals surface area contributed by atoms with Crippen LogP contribution in [-0.2, 0) is 0 Å². The second kappa shape index (κ2) is 5.44. The fraction of sp³-hybridized carbons (Fsp3) is 0.0909. The van der Waals surface area contributed by atoms with E-state index in [2.05, 4.69) is 15.6 Å². The van der Waals surface area contributed by atoms with Crippen molar-refractivity contribution >= 4 is 51.1 Å². The van der Waals surface area contributed by atoms with Crippen LogP contribution in [0.3, 0.4) is 0 Å². The zero-order chi connectivity index (χ0) is 12.3. The number of thiazole rings is 1. The molecule has 0 atom stereocenters. The van der Waals surface area contributed by atoms with Gasteiger partial charge in [-0.3, -0.25) is 0 Å². The van der Waals surface area contributed by atoms with Crippen molar-refractivity contribution in [2.45, 2.75) is 6.92 Å². The van der Waals surface area contributed by atoms with Crippen molar-refractivity contribution in [2.24, 2.45) is 0 Å². The van der Waals surface area contributed by atoms with Gasteiger partial charge in [-0.1, -0.05) is 17.7 Å². The molecule has 88 valence electrons. The quantitative estimate of drug-likeness (QED) is 0.820. The van der Waals surface area contributed by atoms with E-state index in [-0.39, 0.29) is 0 Å². The Morgan fingerprint density at radius 3 is 2.94 bits per heavy atom. The second-order valence-electron chi connectivity index (χ2n) is 3.38. The first-order valence-corrected chi connectivity index (χ1v) is 6.55. The lowest BCUT2D eigenvalue weighted by Crippen LogP contribution is -2.19. The Hall–Kier alpha value is -1.17. The number of thiocarbonyl (C=S) groups is 1. The van der Waals surface area contributed by atoms with Crippen molar-refractivity contribution in [3.05, 3.63) is 40.4 Å². The van der Waals surface area contributed by atoms with Crippen LogP contribution in [0.4, 0.5) is 10.8 Å². The Labute approximate surface area is 114 Å². The first-order valence-electron chi connectivity index (χ1n) is 4.89. The van der Waals surface area contributed by atoms with Gasteiger partial charge in [0, 0.05) is 22.3 Å². The number of hydrogen-bond donors (Lipinski definition) is 2. The summed E-state index contributed by atoms with van der Waals surface area (Å²) in [4.78, 5) is 4.09. The lowest BCUT2D eigenvalue weighted by molar-refractivity contribution is 1.40. The second-order valence-corrected chi connectivity index (χ2v) is 5.11. The van der Waals surface area contributed by atoms with E-state index in [9.17, 15) is 0 Å². The lowest BCUT2D eigenvalue weighted by atomic mass is 10.2. The van der Waals surface area contributed by atoms with Gasteiger partial charge in [0.15, 0.2) is 10.2 Å². The molecule has 0 amide bonds. The Bertz CT molecular complexity index is 526. The summed E-state index contributed by atoms with van der Waals surface area (Å²) < 4.78 is 0. The molecule has 2 aromatic rings. The van der Waals surface area contributed by atoms with E-state index >= 15 is 0 Å². The fourth-order valence-electron chi connectivity index (χ4n) is 1.26. The van der Waals surface area contributed by atoms with Gasteiger partial charge in [-0.2, -0.15) is 0 Å². The summed E-state index contributed by atoms with van der Waals surface area (Å²) in [5.41, 5.74) is 1.98. The highest BCUT2D eigenvalue weighted by molar-refractivity contribution is 7.80. The van der Waals surface area contributed by atoms with Crippen molar-refractivity contribution in [3.8, 4) is 0 Å². The summed E-state index contributed by atoms with van der Waals surface area (Å²) in [7, 11) is 0. The number of aryl methyl sites for hydroxylation is 1. The number of anilines is 2. The van der Waals surface area contributed by atoms with Crippen molar-refractivity contribution in [1.82, 2.24) is 4.98 Å². The van der Waals surface area contributed by atoms with Crippen molar-refractivity contribution in [3.63, 3.8) is 0 Å². The highest BCUT2D eigenvalue weighted by atomic mass is 35.5. The highest BCUT2D eigenvalue weighted by Crippen LogP contribution is 2.20. The van der Waals surface area contributed by atoms with Gasteiger partial charge in [-0.15, -0.1) is 11.3 Å². The topological polar surface area (TPSA) is 37.0 Å². The summed E-state index contributed by atoms with van der Waals surface area (Å²) in [6.07, 6.45) is 1.72. The molecule has 0 fully saturated rings. The maximum Gasteiger partial charge on any atom is 0.188 e. The average Bonchev–Trinajstić information content (AvgIpc) is 2.76. The molecule has 0 saturated carbocycles. The van der Waals surface area contributed by atoms with Crippen LogP contribution in [0.5, 0.6) is 0 Å². The summed E-state index contributed by atoms with van der Waals surface area (Å²) in [5.74, 6) is 0. The van der Waals surface area contributed by atoms with Gasteiger partial charge >= 0.3 is 0 Å². The van der Waals surface area contributed by atoms with Gasteiger partial charge in [0.1, 0.15) is 0 Å². The number of hydrogen-bond acceptors (Lipinski definition) is 3. The van der Waals surface area contributed by atoms with Crippen LogP contribution >= 0.6 is 35.2 Å². The van der Waals surface area contributed by atoms with Crippen LogP contribution in [0.25, 0.3) is 0 Å². The van der Waals surface area contributed by atoms with Gasteiger partial charge in [0.05, 0.1) is 0 Å². The maximum absolute atomic E-state index is 5.93. The minimum absolute atomic E-state index is 0.505. The maximum atomic E-state index is 5.93. The Morgan fingerprint density at radius 1 is 1.41 bits per heavy atom. The van der Waals surface area contributed by atoms with E-state index in [1.807, 2.05) is 30.5 Å². The van der Waals surface area contributed by atoms with E-state index in [0.717, 1.165) is 16.4 Å². The number of rotatable bonds is 2. The molecule has 0 aliphatic heterocycles. The monoisotopic (exact) mass is 283 g/mol. The predicted molar refractivity (Wildman–Crippen MR) is 78.1 cm³/mol. The summed E-state index contributed by atoms with van der Waals surface area (Å²) >= 11 is 12.6. The highest BCUT2D eigenvalue weighted by Gasteiger charge is 2.03. The number of benzene rings is 1. The molecule has 1 heterocycles. The van der Waals surface area contributed by atoms with Gasteiger partial charge in [0.2, 0.25) is 0 Å². The van der Waals surface area contributed by atoms with Crippen molar-refractivity contribution < 1.29 is 0 Å². The Kier molecular flexibility index (Phi) is 3.93.